The van der Waals surface area contributed by atoms with Crippen LogP contribution in [0.15, 0.2) is 53.7 Å². The average molecular weight is 474 g/mol. The molecule has 0 aliphatic heterocycles. The van der Waals surface area contributed by atoms with E-state index in [4.69, 9.17) is 22.2 Å². The summed E-state index contributed by atoms with van der Waals surface area (Å²) in [6.07, 6.45) is 0. The van der Waals surface area contributed by atoms with Crippen LogP contribution < -0.4 is 15.9 Å². The lowest BCUT2D eigenvalue weighted by Gasteiger charge is -2.06. The molecule has 0 aliphatic carbocycles. The Labute approximate surface area is 191 Å². The molecule has 4 aromatic rings. The van der Waals surface area contributed by atoms with Crippen molar-refractivity contribution in [1.29, 1.82) is 0 Å². The molecule has 2 aromatic heterocycles. The summed E-state index contributed by atoms with van der Waals surface area (Å²) in [5.41, 5.74) is 2.56. The molecule has 0 unspecified atom stereocenters. The second-order valence-electron chi connectivity index (χ2n) is 6.54. The molecule has 2 aromatic carbocycles. The third-order valence-corrected chi connectivity index (χ3v) is 5.64. The molecule has 0 radical (unpaired) electrons. The Morgan fingerprint density at radius 3 is 2.75 bits per heavy atom. The normalized spacial score (nSPS) is 10.8. The van der Waals surface area contributed by atoms with Crippen molar-refractivity contribution in [1.82, 2.24) is 25.1 Å². The van der Waals surface area contributed by atoms with Crippen LogP contribution in [0, 0.1) is 5.82 Å². The molecule has 32 heavy (non-hydrogen) atoms. The van der Waals surface area contributed by atoms with E-state index in [2.05, 4.69) is 25.7 Å². The molecule has 0 atom stereocenters. The van der Waals surface area contributed by atoms with Crippen LogP contribution in [0.3, 0.4) is 0 Å². The summed E-state index contributed by atoms with van der Waals surface area (Å²) in [6.45, 7) is 0. The lowest BCUT2D eigenvalue weighted by Crippen LogP contribution is -2.16. The van der Waals surface area contributed by atoms with Crippen molar-refractivity contribution in [2.24, 2.45) is 0 Å². The van der Waals surface area contributed by atoms with Crippen molar-refractivity contribution in [3.8, 4) is 28.5 Å². The van der Waals surface area contributed by atoms with Crippen molar-refractivity contribution in [2.45, 2.75) is 5.16 Å². The van der Waals surface area contributed by atoms with E-state index in [1.807, 2.05) is 24.3 Å². The molecule has 9 nitrogen and oxygen atoms in total. The van der Waals surface area contributed by atoms with Gasteiger partial charge in [0.2, 0.25) is 16.9 Å². The SMILES string of the molecule is COc1ccc(-c2cc(-c3nnc(SCC(=O)Nc4ccc(F)c(Cl)c4)n3N)[nH]n2)cc1. The molecular weight excluding hydrogens is 457 g/mol. The molecular formula is C20H17ClFN7O2S. The van der Waals surface area contributed by atoms with Crippen LogP contribution in [0.5, 0.6) is 5.75 Å². The number of nitrogens with zero attached hydrogens (tertiary/aromatic N) is 4. The molecule has 12 heteroatoms. The van der Waals surface area contributed by atoms with Gasteiger partial charge in [-0.3, -0.25) is 9.89 Å². The highest BCUT2D eigenvalue weighted by Gasteiger charge is 2.16. The number of nitrogen functional groups attached to an aromatic ring is 1. The van der Waals surface area contributed by atoms with Crippen LogP contribution in [0.25, 0.3) is 22.8 Å². The number of aromatic amines is 1. The molecule has 0 saturated carbocycles. The highest BCUT2D eigenvalue weighted by molar-refractivity contribution is 7.99. The number of nitrogens with two attached hydrogens (primary N) is 1. The standard InChI is InChI=1S/C20H17ClFN7O2S/c1-31-13-5-2-11(3-6-13)16-9-17(26-25-16)19-27-28-20(29(19)23)32-10-18(30)24-12-4-7-15(22)14(21)8-12/h2-9H,10,23H2,1H3,(H,24,30)(H,25,26). The number of rotatable bonds is 7. The van der Waals surface area contributed by atoms with Crippen molar-refractivity contribution < 1.29 is 13.9 Å². The maximum absolute atomic E-state index is 13.2. The number of carbonyl (C=O) groups is 1. The molecule has 164 valence electrons. The van der Waals surface area contributed by atoms with Crippen molar-refractivity contribution in [2.75, 3.05) is 24.0 Å². The second-order valence-corrected chi connectivity index (χ2v) is 7.89. The van der Waals surface area contributed by atoms with Gasteiger partial charge in [-0.25, -0.2) is 9.07 Å². The molecule has 0 bridgehead atoms. The first-order valence-electron chi connectivity index (χ1n) is 9.23. The van der Waals surface area contributed by atoms with E-state index >= 15 is 0 Å². The third-order valence-electron chi connectivity index (χ3n) is 4.40. The predicted molar refractivity (Wildman–Crippen MR) is 121 cm³/mol. The van der Waals surface area contributed by atoms with Gasteiger partial charge >= 0.3 is 0 Å². The number of anilines is 1. The van der Waals surface area contributed by atoms with Crippen molar-refractivity contribution >= 4 is 35.0 Å². The van der Waals surface area contributed by atoms with Crippen LogP contribution in [0.4, 0.5) is 10.1 Å². The van der Waals surface area contributed by atoms with Crippen LogP contribution in [-0.2, 0) is 4.79 Å². The third kappa shape index (κ3) is 4.68. The number of amides is 1. The number of carbonyl (C=O) groups excluding carboxylic acids is 1. The summed E-state index contributed by atoms with van der Waals surface area (Å²) in [6, 6.07) is 13.2. The number of benzene rings is 2. The smallest absolute Gasteiger partial charge is 0.234 e. The highest BCUT2D eigenvalue weighted by Crippen LogP contribution is 2.26. The first-order chi connectivity index (χ1) is 15.4. The number of aromatic nitrogens is 5. The molecule has 0 aliphatic rings. The monoisotopic (exact) mass is 473 g/mol. The van der Waals surface area contributed by atoms with Crippen LogP contribution in [0.1, 0.15) is 0 Å². The largest absolute Gasteiger partial charge is 0.497 e. The summed E-state index contributed by atoms with van der Waals surface area (Å²) < 4.78 is 19.7. The number of hydrogen-bond acceptors (Lipinski definition) is 7. The van der Waals surface area contributed by atoms with Gasteiger partial charge in [-0.2, -0.15) is 5.10 Å². The molecule has 0 saturated heterocycles. The summed E-state index contributed by atoms with van der Waals surface area (Å²) in [7, 11) is 1.60. The van der Waals surface area contributed by atoms with E-state index < -0.39 is 5.82 Å². The zero-order chi connectivity index (χ0) is 22.7. The Balaban J connectivity index is 1.41. The van der Waals surface area contributed by atoms with Gasteiger partial charge in [0.05, 0.1) is 23.6 Å². The van der Waals surface area contributed by atoms with Gasteiger partial charge in [0, 0.05) is 11.3 Å². The first kappa shape index (κ1) is 21.7. The zero-order valence-corrected chi connectivity index (χ0v) is 18.2. The van der Waals surface area contributed by atoms with E-state index in [9.17, 15) is 9.18 Å². The quantitative estimate of drug-likeness (QED) is 0.277. The number of ether oxygens (including phenoxy) is 1. The van der Waals surface area contributed by atoms with Gasteiger partial charge in [-0.1, -0.05) is 23.4 Å². The minimum Gasteiger partial charge on any atom is -0.497 e. The first-order valence-corrected chi connectivity index (χ1v) is 10.6. The van der Waals surface area contributed by atoms with E-state index in [0.717, 1.165) is 23.1 Å². The van der Waals surface area contributed by atoms with Crippen molar-refractivity contribution in [3.05, 3.63) is 59.4 Å². The fraction of sp³-hybridized carbons (Fsp3) is 0.100. The summed E-state index contributed by atoms with van der Waals surface area (Å²) in [5.74, 6) is 6.36. The summed E-state index contributed by atoms with van der Waals surface area (Å²) in [4.78, 5) is 12.2. The van der Waals surface area contributed by atoms with Crippen LogP contribution in [0.2, 0.25) is 5.02 Å². The van der Waals surface area contributed by atoms with Crippen LogP contribution in [-0.4, -0.2) is 43.8 Å². The number of hydrogen-bond donors (Lipinski definition) is 3. The highest BCUT2D eigenvalue weighted by atomic mass is 35.5. The zero-order valence-electron chi connectivity index (χ0n) is 16.7. The molecule has 2 heterocycles. The Kier molecular flexibility index (Phi) is 6.28. The van der Waals surface area contributed by atoms with Gasteiger partial charge in [0.25, 0.3) is 0 Å². The number of nitrogens with one attached hydrogen (secondary N) is 2. The maximum atomic E-state index is 13.2. The summed E-state index contributed by atoms with van der Waals surface area (Å²) in [5, 5.41) is 18.2. The van der Waals surface area contributed by atoms with Gasteiger partial charge in [-0.05, 0) is 48.5 Å². The summed E-state index contributed by atoms with van der Waals surface area (Å²) >= 11 is 6.82. The van der Waals surface area contributed by atoms with E-state index in [-0.39, 0.29) is 16.7 Å². The fourth-order valence-electron chi connectivity index (χ4n) is 2.81. The van der Waals surface area contributed by atoms with Crippen molar-refractivity contribution in [3.63, 3.8) is 0 Å². The molecule has 0 fully saturated rings. The van der Waals surface area contributed by atoms with E-state index in [0.29, 0.717) is 28.1 Å². The Morgan fingerprint density at radius 1 is 1.25 bits per heavy atom. The van der Waals surface area contributed by atoms with Gasteiger partial charge in [0.15, 0.2) is 0 Å². The number of thioether (sulfide) groups is 1. The van der Waals surface area contributed by atoms with E-state index in [1.54, 1.807) is 13.2 Å². The fourth-order valence-corrected chi connectivity index (χ4v) is 3.64. The molecule has 0 spiro atoms. The number of halogens is 2. The Morgan fingerprint density at radius 2 is 2.03 bits per heavy atom. The lowest BCUT2D eigenvalue weighted by atomic mass is 10.1. The predicted octanol–water partition coefficient (Wildman–Crippen LogP) is 3.58. The number of methoxy groups -OCH3 is 1. The number of H-pyrrole nitrogens is 1. The lowest BCUT2D eigenvalue weighted by molar-refractivity contribution is -0.113. The van der Waals surface area contributed by atoms with Gasteiger partial charge < -0.3 is 15.9 Å². The topological polar surface area (TPSA) is 124 Å². The molecule has 1 amide bonds. The van der Waals surface area contributed by atoms with Gasteiger partial charge in [-0.15, -0.1) is 10.2 Å². The Hall–Kier alpha value is -3.57. The second kappa shape index (κ2) is 9.28. The molecule has 4 N–H and O–H groups in total. The molecule has 4 rings (SSSR count). The minimum absolute atomic E-state index is 0.0183. The van der Waals surface area contributed by atoms with Crippen LogP contribution >= 0.6 is 23.4 Å². The van der Waals surface area contributed by atoms with Gasteiger partial charge in [0.1, 0.15) is 17.3 Å². The average Bonchev–Trinajstić information content (AvgIpc) is 3.42. The minimum atomic E-state index is -0.559. The van der Waals surface area contributed by atoms with E-state index in [1.165, 1.54) is 22.9 Å². The Bertz CT molecular complexity index is 1260. The maximum Gasteiger partial charge on any atom is 0.234 e.